The standard InChI is InChI=1S/C12H17ClN6/c1-17-5-3-9(4-6-17)18(2)11-7-10(13)16-12-14-8-15-19(11)12/h7-9H,3-6H2,1-2H3. The average molecular weight is 281 g/mol. The van der Waals surface area contributed by atoms with Crippen molar-refractivity contribution in [2.24, 2.45) is 0 Å². The first-order valence-electron chi connectivity index (χ1n) is 6.43. The van der Waals surface area contributed by atoms with E-state index in [2.05, 4.69) is 39.0 Å². The molecule has 2 aromatic heterocycles. The zero-order valence-electron chi connectivity index (χ0n) is 11.1. The highest BCUT2D eigenvalue weighted by Crippen LogP contribution is 2.23. The molecule has 0 radical (unpaired) electrons. The number of fused-ring (bicyclic) bond motifs is 1. The third-order valence-electron chi connectivity index (χ3n) is 3.80. The predicted molar refractivity (Wildman–Crippen MR) is 74.7 cm³/mol. The van der Waals surface area contributed by atoms with Crippen molar-refractivity contribution < 1.29 is 0 Å². The summed E-state index contributed by atoms with van der Waals surface area (Å²) in [5, 5.41) is 4.68. The fraction of sp³-hybridized carbons (Fsp3) is 0.583. The summed E-state index contributed by atoms with van der Waals surface area (Å²) in [6.45, 7) is 2.24. The topological polar surface area (TPSA) is 49.6 Å². The Bertz CT molecular complexity index is 575. The van der Waals surface area contributed by atoms with Crippen molar-refractivity contribution in [1.29, 1.82) is 0 Å². The van der Waals surface area contributed by atoms with E-state index in [9.17, 15) is 0 Å². The lowest BCUT2D eigenvalue weighted by Crippen LogP contribution is -2.42. The number of likely N-dealkylation sites (tertiary alicyclic amines) is 1. The Kier molecular flexibility index (Phi) is 3.28. The van der Waals surface area contributed by atoms with Crippen LogP contribution < -0.4 is 4.90 Å². The normalized spacial score (nSPS) is 18.1. The van der Waals surface area contributed by atoms with Gasteiger partial charge in [-0.05, 0) is 33.0 Å². The van der Waals surface area contributed by atoms with Crippen LogP contribution in [-0.2, 0) is 0 Å². The van der Waals surface area contributed by atoms with Crippen LogP contribution in [0.25, 0.3) is 5.78 Å². The molecule has 3 heterocycles. The number of aromatic nitrogens is 4. The van der Waals surface area contributed by atoms with Crippen LogP contribution >= 0.6 is 11.6 Å². The number of rotatable bonds is 2. The molecular weight excluding hydrogens is 264 g/mol. The van der Waals surface area contributed by atoms with Gasteiger partial charge in [0.2, 0.25) is 0 Å². The zero-order valence-corrected chi connectivity index (χ0v) is 11.9. The van der Waals surface area contributed by atoms with E-state index in [1.807, 2.05) is 6.07 Å². The maximum atomic E-state index is 6.06. The first-order valence-corrected chi connectivity index (χ1v) is 6.80. The molecule has 102 valence electrons. The van der Waals surface area contributed by atoms with E-state index in [4.69, 9.17) is 11.6 Å². The molecule has 0 N–H and O–H groups in total. The van der Waals surface area contributed by atoms with Gasteiger partial charge in [-0.25, -0.2) is 0 Å². The van der Waals surface area contributed by atoms with Crippen LogP contribution in [0.4, 0.5) is 5.82 Å². The van der Waals surface area contributed by atoms with Gasteiger partial charge in [0.15, 0.2) is 0 Å². The number of hydrogen-bond donors (Lipinski definition) is 0. The lowest BCUT2D eigenvalue weighted by Gasteiger charge is -2.36. The van der Waals surface area contributed by atoms with E-state index in [0.29, 0.717) is 17.0 Å². The van der Waals surface area contributed by atoms with Crippen LogP contribution in [0.1, 0.15) is 12.8 Å². The average Bonchev–Trinajstić information content (AvgIpc) is 2.85. The summed E-state index contributed by atoms with van der Waals surface area (Å²) in [6.07, 6.45) is 3.79. The molecule has 19 heavy (non-hydrogen) atoms. The van der Waals surface area contributed by atoms with E-state index in [1.54, 1.807) is 4.52 Å². The maximum Gasteiger partial charge on any atom is 0.255 e. The summed E-state index contributed by atoms with van der Waals surface area (Å²) in [5.41, 5.74) is 0. The molecule has 0 saturated carbocycles. The Morgan fingerprint density at radius 1 is 1.37 bits per heavy atom. The van der Waals surface area contributed by atoms with Crippen molar-refractivity contribution in [2.45, 2.75) is 18.9 Å². The van der Waals surface area contributed by atoms with Gasteiger partial charge in [-0.2, -0.15) is 19.6 Å². The van der Waals surface area contributed by atoms with E-state index < -0.39 is 0 Å². The van der Waals surface area contributed by atoms with E-state index >= 15 is 0 Å². The van der Waals surface area contributed by atoms with Crippen LogP contribution in [-0.4, -0.2) is 57.7 Å². The minimum absolute atomic E-state index is 0.454. The first kappa shape index (κ1) is 12.6. The Morgan fingerprint density at radius 3 is 2.84 bits per heavy atom. The van der Waals surface area contributed by atoms with E-state index in [-0.39, 0.29) is 0 Å². The fourth-order valence-electron chi connectivity index (χ4n) is 2.59. The maximum absolute atomic E-state index is 6.06. The first-order chi connectivity index (χ1) is 9.15. The highest BCUT2D eigenvalue weighted by molar-refractivity contribution is 6.29. The molecule has 0 aromatic carbocycles. The third-order valence-corrected chi connectivity index (χ3v) is 3.99. The van der Waals surface area contributed by atoms with Crippen LogP contribution in [0.2, 0.25) is 5.15 Å². The molecule has 6 nitrogen and oxygen atoms in total. The molecule has 1 aliphatic rings. The Hall–Kier alpha value is -1.40. The van der Waals surface area contributed by atoms with Crippen LogP contribution in [0.5, 0.6) is 0 Å². The molecule has 0 spiro atoms. The van der Waals surface area contributed by atoms with Crippen molar-refractivity contribution in [1.82, 2.24) is 24.5 Å². The Labute approximate surface area is 117 Å². The number of halogens is 1. The quantitative estimate of drug-likeness (QED) is 0.777. The Balaban J connectivity index is 1.92. The highest BCUT2D eigenvalue weighted by Gasteiger charge is 2.23. The van der Waals surface area contributed by atoms with Crippen LogP contribution in [0.3, 0.4) is 0 Å². The summed E-state index contributed by atoms with van der Waals surface area (Å²) in [6, 6.07) is 2.35. The lowest BCUT2D eigenvalue weighted by atomic mass is 10.0. The Morgan fingerprint density at radius 2 is 2.11 bits per heavy atom. The SMILES string of the molecule is CN1CCC(N(C)c2cc(Cl)nc3ncnn23)CC1. The number of hydrogen-bond acceptors (Lipinski definition) is 5. The molecule has 2 aromatic rings. The predicted octanol–water partition coefficient (Wildman–Crippen LogP) is 1.31. The molecule has 1 saturated heterocycles. The van der Waals surface area contributed by atoms with Gasteiger partial charge in [0.25, 0.3) is 5.78 Å². The molecular formula is C12H17ClN6. The smallest absolute Gasteiger partial charge is 0.255 e. The second-order valence-electron chi connectivity index (χ2n) is 5.05. The van der Waals surface area contributed by atoms with E-state index in [0.717, 1.165) is 31.7 Å². The zero-order chi connectivity index (χ0) is 13.4. The largest absolute Gasteiger partial charge is 0.356 e. The monoisotopic (exact) mass is 280 g/mol. The molecule has 0 aliphatic carbocycles. The van der Waals surface area contributed by atoms with Crippen molar-refractivity contribution >= 4 is 23.2 Å². The van der Waals surface area contributed by atoms with Gasteiger partial charge < -0.3 is 9.80 Å². The van der Waals surface area contributed by atoms with Gasteiger partial charge >= 0.3 is 0 Å². The highest BCUT2D eigenvalue weighted by atomic mass is 35.5. The minimum Gasteiger partial charge on any atom is -0.356 e. The van der Waals surface area contributed by atoms with Gasteiger partial charge in [-0.3, -0.25) is 0 Å². The van der Waals surface area contributed by atoms with Gasteiger partial charge in [-0.15, -0.1) is 0 Å². The second-order valence-corrected chi connectivity index (χ2v) is 5.44. The molecule has 1 aliphatic heterocycles. The van der Waals surface area contributed by atoms with E-state index in [1.165, 1.54) is 6.33 Å². The van der Waals surface area contributed by atoms with Crippen LogP contribution in [0.15, 0.2) is 12.4 Å². The number of anilines is 1. The summed E-state index contributed by atoms with van der Waals surface area (Å²) in [5.74, 6) is 1.49. The number of piperidine rings is 1. The summed E-state index contributed by atoms with van der Waals surface area (Å²) in [4.78, 5) is 12.9. The fourth-order valence-corrected chi connectivity index (χ4v) is 2.76. The second kappa shape index (κ2) is 4.94. The van der Waals surface area contributed by atoms with Crippen molar-refractivity contribution in [2.75, 3.05) is 32.1 Å². The van der Waals surface area contributed by atoms with Crippen molar-refractivity contribution in [3.8, 4) is 0 Å². The minimum atomic E-state index is 0.454. The molecule has 0 bridgehead atoms. The lowest BCUT2D eigenvalue weighted by molar-refractivity contribution is 0.252. The van der Waals surface area contributed by atoms with Gasteiger partial charge in [0.05, 0.1) is 0 Å². The van der Waals surface area contributed by atoms with Crippen LogP contribution in [0, 0.1) is 0 Å². The summed E-state index contributed by atoms with van der Waals surface area (Å²) >= 11 is 6.06. The molecule has 7 heteroatoms. The molecule has 3 rings (SSSR count). The van der Waals surface area contributed by atoms with Gasteiger partial charge in [-0.1, -0.05) is 11.6 Å². The van der Waals surface area contributed by atoms with Gasteiger partial charge in [0, 0.05) is 19.2 Å². The molecule has 1 fully saturated rings. The summed E-state index contributed by atoms with van der Waals surface area (Å²) < 4.78 is 1.74. The summed E-state index contributed by atoms with van der Waals surface area (Å²) in [7, 11) is 4.25. The molecule has 0 atom stereocenters. The van der Waals surface area contributed by atoms with Crippen molar-refractivity contribution in [3.63, 3.8) is 0 Å². The van der Waals surface area contributed by atoms with Gasteiger partial charge in [0.1, 0.15) is 17.3 Å². The number of nitrogens with zero attached hydrogens (tertiary/aromatic N) is 6. The molecule has 0 amide bonds. The third kappa shape index (κ3) is 2.37. The van der Waals surface area contributed by atoms with Crippen molar-refractivity contribution in [3.05, 3.63) is 17.5 Å². The molecule has 0 unspecified atom stereocenters.